The van der Waals surface area contributed by atoms with Crippen LogP contribution in [0.5, 0.6) is 0 Å². The number of nitrogens with one attached hydrogen (secondary N) is 2. The summed E-state index contributed by atoms with van der Waals surface area (Å²) in [6, 6.07) is 10.6. The van der Waals surface area contributed by atoms with E-state index in [1.165, 1.54) is 19.1 Å². The van der Waals surface area contributed by atoms with E-state index in [1.54, 1.807) is 18.2 Å². The highest BCUT2D eigenvalue weighted by Gasteiger charge is 2.32. The Morgan fingerprint density at radius 2 is 1.80 bits per heavy atom. The summed E-state index contributed by atoms with van der Waals surface area (Å²) >= 11 is 0. The third-order valence-electron chi connectivity index (χ3n) is 4.61. The Labute approximate surface area is 175 Å². The first-order chi connectivity index (χ1) is 14.2. The van der Waals surface area contributed by atoms with Crippen LogP contribution in [0.4, 0.5) is 0 Å². The van der Waals surface area contributed by atoms with E-state index in [0.29, 0.717) is 0 Å². The number of hydrogen-bond acceptors (Lipinski definition) is 6. The maximum Gasteiger partial charge on any atom is 0.308 e. The fourth-order valence-corrected chi connectivity index (χ4v) is 4.08. The summed E-state index contributed by atoms with van der Waals surface area (Å²) in [7, 11) is -4.08. The van der Waals surface area contributed by atoms with Crippen LogP contribution in [0.2, 0.25) is 0 Å². The molecule has 2 N–H and O–H groups in total. The molecule has 1 atom stereocenters. The Bertz CT molecular complexity index is 1060. The first-order valence-corrected chi connectivity index (χ1v) is 11.2. The predicted molar refractivity (Wildman–Crippen MR) is 110 cm³/mol. The van der Waals surface area contributed by atoms with Crippen LogP contribution in [-0.4, -0.2) is 44.8 Å². The highest BCUT2D eigenvalue weighted by Crippen LogP contribution is 2.24. The molecular formula is C21H24N2O6S. The van der Waals surface area contributed by atoms with Gasteiger partial charge in [0, 0.05) is 13.0 Å². The molecule has 8 nitrogen and oxygen atoms in total. The van der Waals surface area contributed by atoms with Crippen molar-refractivity contribution in [2.24, 2.45) is 0 Å². The summed E-state index contributed by atoms with van der Waals surface area (Å²) in [6.07, 6.45) is 1.06. The van der Waals surface area contributed by atoms with Crippen molar-refractivity contribution in [1.29, 1.82) is 0 Å². The summed E-state index contributed by atoms with van der Waals surface area (Å²) in [5, 5.41) is 4.11. The van der Waals surface area contributed by atoms with E-state index in [0.717, 1.165) is 23.6 Å². The number of carbonyl (C=O) groups is 3. The number of carbonyl (C=O) groups excluding carboxylic acids is 3. The van der Waals surface area contributed by atoms with E-state index in [2.05, 4.69) is 10.0 Å². The van der Waals surface area contributed by atoms with Gasteiger partial charge >= 0.3 is 5.97 Å². The number of Topliss-reactive ketones (excluding diaryl/α,β-unsaturated/α-hetero) is 1. The van der Waals surface area contributed by atoms with Gasteiger partial charge in [-0.15, -0.1) is 0 Å². The molecule has 0 spiro atoms. The average Bonchev–Trinajstić information content (AvgIpc) is 3.50. The summed E-state index contributed by atoms with van der Waals surface area (Å²) in [5.41, 5.74) is 0. The third kappa shape index (κ3) is 6.11. The zero-order chi connectivity index (χ0) is 21.7. The first kappa shape index (κ1) is 21.9. The van der Waals surface area contributed by atoms with Crippen LogP contribution < -0.4 is 10.0 Å². The molecule has 0 heterocycles. The van der Waals surface area contributed by atoms with E-state index in [9.17, 15) is 22.8 Å². The van der Waals surface area contributed by atoms with E-state index < -0.39 is 34.4 Å². The lowest BCUT2D eigenvalue weighted by Gasteiger charge is -2.18. The van der Waals surface area contributed by atoms with Crippen molar-refractivity contribution >= 4 is 38.5 Å². The van der Waals surface area contributed by atoms with Gasteiger partial charge in [-0.25, -0.2) is 8.42 Å². The molecule has 1 unspecified atom stereocenters. The highest BCUT2D eigenvalue weighted by atomic mass is 32.2. The Morgan fingerprint density at radius 1 is 1.10 bits per heavy atom. The Hall–Kier alpha value is -2.78. The topological polar surface area (TPSA) is 119 Å². The first-order valence-electron chi connectivity index (χ1n) is 9.72. The van der Waals surface area contributed by atoms with Crippen molar-refractivity contribution in [3.8, 4) is 0 Å². The lowest BCUT2D eigenvalue weighted by Crippen LogP contribution is -2.48. The Kier molecular flexibility index (Phi) is 6.84. The van der Waals surface area contributed by atoms with Crippen LogP contribution in [0.1, 0.15) is 32.6 Å². The molecule has 0 radical (unpaired) electrons. The van der Waals surface area contributed by atoms with Gasteiger partial charge in [0.25, 0.3) is 0 Å². The molecule has 0 aliphatic heterocycles. The molecule has 0 bridgehead atoms. The highest BCUT2D eigenvalue weighted by molar-refractivity contribution is 7.89. The average molecular weight is 432 g/mol. The van der Waals surface area contributed by atoms with Gasteiger partial charge in [-0.1, -0.05) is 30.3 Å². The van der Waals surface area contributed by atoms with Gasteiger partial charge < -0.3 is 10.1 Å². The second-order valence-corrected chi connectivity index (χ2v) is 9.03. The number of ether oxygens (including phenoxy) is 1. The smallest absolute Gasteiger partial charge is 0.308 e. The van der Waals surface area contributed by atoms with Crippen LogP contribution in [-0.2, 0) is 29.1 Å². The van der Waals surface area contributed by atoms with Gasteiger partial charge in [-0.05, 0) is 42.7 Å². The molecule has 2 aromatic rings. The fourth-order valence-electron chi connectivity index (χ4n) is 2.85. The van der Waals surface area contributed by atoms with Crippen LogP contribution in [0.3, 0.4) is 0 Å². The molecule has 30 heavy (non-hydrogen) atoms. The normalized spacial score (nSPS) is 14.8. The summed E-state index contributed by atoms with van der Waals surface area (Å²) in [5.74, 6) is -1.45. The number of sulfonamides is 1. The lowest BCUT2D eigenvalue weighted by atomic mass is 10.1. The summed E-state index contributed by atoms with van der Waals surface area (Å²) < 4.78 is 33.2. The standard InChI is InChI=1S/C21H24N2O6S/c1-14(24)10-11-22-21(26)19(13-20(25)29-17-7-8-17)23-30(27,28)18-9-6-15-4-2-3-5-16(15)12-18/h2-6,9,12,17,19,23H,7-8,10-11,13H2,1H3,(H,22,26). The minimum Gasteiger partial charge on any atom is -0.462 e. The summed E-state index contributed by atoms with van der Waals surface area (Å²) in [6.45, 7) is 1.44. The lowest BCUT2D eigenvalue weighted by molar-refractivity contribution is -0.146. The van der Waals surface area contributed by atoms with Gasteiger partial charge in [0.15, 0.2) is 0 Å². The molecule has 160 valence electrons. The second-order valence-electron chi connectivity index (χ2n) is 7.32. The number of fused-ring (bicyclic) bond motifs is 1. The van der Waals surface area contributed by atoms with Crippen molar-refractivity contribution in [2.75, 3.05) is 6.54 Å². The van der Waals surface area contributed by atoms with Crippen LogP contribution in [0, 0.1) is 0 Å². The molecule has 0 saturated heterocycles. The largest absolute Gasteiger partial charge is 0.462 e. The molecule has 0 aromatic heterocycles. The maximum atomic E-state index is 12.9. The number of ketones is 1. The van der Waals surface area contributed by atoms with Gasteiger partial charge in [0.05, 0.1) is 11.3 Å². The monoisotopic (exact) mass is 432 g/mol. The van der Waals surface area contributed by atoms with Crippen molar-refractivity contribution < 1.29 is 27.5 Å². The fraction of sp³-hybridized carbons (Fsp3) is 0.381. The molecule has 9 heteroatoms. The zero-order valence-corrected chi connectivity index (χ0v) is 17.4. The Morgan fingerprint density at radius 3 is 2.47 bits per heavy atom. The van der Waals surface area contributed by atoms with Crippen LogP contribution >= 0.6 is 0 Å². The SMILES string of the molecule is CC(=O)CCNC(=O)C(CC(=O)OC1CC1)NS(=O)(=O)c1ccc2ccccc2c1. The number of hydrogen-bond donors (Lipinski definition) is 2. The van der Waals surface area contributed by atoms with Crippen molar-refractivity contribution in [3.05, 3.63) is 42.5 Å². The van der Waals surface area contributed by atoms with Crippen molar-refractivity contribution in [3.63, 3.8) is 0 Å². The molecule has 1 aliphatic rings. The quantitative estimate of drug-likeness (QED) is 0.552. The molecule has 1 amide bonds. The van der Waals surface area contributed by atoms with Gasteiger partial charge in [-0.2, -0.15) is 4.72 Å². The molecule has 2 aromatic carbocycles. The summed E-state index contributed by atoms with van der Waals surface area (Å²) in [4.78, 5) is 35.7. The van der Waals surface area contributed by atoms with E-state index >= 15 is 0 Å². The molecule has 1 aliphatic carbocycles. The number of benzene rings is 2. The maximum absolute atomic E-state index is 12.9. The number of amides is 1. The van der Waals surface area contributed by atoms with Crippen molar-refractivity contribution in [1.82, 2.24) is 10.0 Å². The Balaban J connectivity index is 1.76. The molecule has 3 rings (SSSR count). The van der Waals surface area contributed by atoms with E-state index in [4.69, 9.17) is 4.74 Å². The number of esters is 1. The van der Waals surface area contributed by atoms with E-state index in [1.807, 2.05) is 12.1 Å². The van der Waals surface area contributed by atoms with E-state index in [-0.39, 0.29) is 29.7 Å². The molecule has 1 saturated carbocycles. The third-order valence-corrected chi connectivity index (χ3v) is 6.08. The zero-order valence-electron chi connectivity index (χ0n) is 16.6. The molecular weight excluding hydrogens is 408 g/mol. The minimum atomic E-state index is -4.08. The number of rotatable bonds is 10. The molecule has 1 fully saturated rings. The predicted octanol–water partition coefficient (Wildman–Crippen LogP) is 1.68. The van der Waals surface area contributed by atoms with Crippen LogP contribution in [0.15, 0.2) is 47.4 Å². The van der Waals surface area contributed by atoms with Gasteiger partial charge in [0.2, 0.25) is 15.9 Å². The van der Waals surface area contributed by atoms with Crippen LogP contribution in [0.25, 0.3) is 10.8 Å². The van der Waals surface area contributed by atoms with Gasteiger partial charge in [0.1, 0.15) is 17.9 Å². The second kappa shape index (κ2) is 9.36. The minimum absolute atomic E-state index is 0.0155. The van der Waals surface area contributed by atoms with Crippen molar-refractivity contribution in [2.45, 2.75) is 49.6 Å². The van der Waals surface area contributed by atoms with Gasteiger partial charge in [-0.3, -0.25) is 14.4 Å².